The number of nitrogens with one attached hydrogen (secondary N) is 1. The zero-order chi connectivity index (χ0) is 14.4. The van der Waals surface area contributed by atoms with Crippen molar-refractivity contribution in [2.45, 2.75) is 13.0 Å². The van der Waals surface area contributed by atoms with E-state index in [9.17, 15) is 4.79 Å². The van der Waals surface area contributed by atoms with Crippen LogP contribution in [0, 0.1) is 0 Å². The average Bonchev–Trinajstić information content (AvgIpc) is 2.83. The molecule has 0 bridgehead atoms. The van der Waals surface area contributed by atoms with E-state index in [1.807, 2.05) is 35.7 Å². The molecule has 0 aliphatic carbocycles. The normalized spacial score (nSPS) is 10.2. The number of benzene rings is 1. The Bertz CT molecular complexity index is 583. The van der Waals surface area contributed by atoms with E-state index >= 15 is 0 Å². The number of anilines is 2. The molecule has 5 nitrogen and oxygen atoms in total. The monoisotopic (exact) mass is 291 g/mol. The van der Waals surface area contributed by atoms with Gasteiger partial charge in [-0.2, -0.15) is 0 Å². The van der Waals surface area contributed by atoms with Crippen molar-refractivity contribution < 1.29 is 9.53 Å². The Kier molecular flexibility index (Phi) is 4.84. The molecule has 0 unspecified atom stereocenters. The molecule has 2 rings (SSSR count). The largest absolute Gasteiger partial charge is 0.491 e. The fourth-order valence-corrected chi connectivity index (χ4v) is 2.41. The van der Waals surface area contributed by atoms with Gasteiger partial charge in [0.2, 0.25) is 5.91 Å². The molecule has 0 fully saturated rings. The molecule has 1 amide bonds. The van der Waals surface area contributed by atoms with Crippen molar-refractivity contribution in [1.29, 1.82) is 0 Å². The Labute approximate surface area is 121 Å². The van der Waals surface area contributed by atoms with Gasteiger partial charge in [0, 0.05) is 10.6 Å². The van der Waals surface area contributed by atoms with Crippen LogP contribution in [0.4, 0.5) is 11.4 Å². The summed E-state index contributed by atoms with van der Waals surface area (Å²) in [7, 11) is 0. The molecular weight excluding hydrogens is 274 g/mol. The lowest BCUT2D eigenvalue weighted by Gasteiger charge is -2.12. The van der Waals surface area contributed by atoms with Crippen molar-refractivity contribution in [2.24, 2.45) is 5.73 Å². The number of carbonyl (C=O) groups is 1. The number of thiophene rings is 1. The minimum Gasteiger partial charge on any atom is -0.491 e. The number of para-hydroxylation sites is 2. The second-order valence-electron chi connectivity index (χ2n) is 4.21. The molecule has 0 aliphatic heterocycles. The van der Waals surface area contributed by atoms with Crippen LogP contribution in [0.15, 0.2) is 35.7 Å². The maximum atomic E-state index is 10.7. The van der Waals surface area contributed by atoms with Crippen LogP contribution in [-0.4, -0.2) is 12.5 Å². The van der Waals surface area contributed by atoms with E-state index in [0.29, 0.717) is 12.3 Å². The van der Waals surface area contributed by atoms with E-state index in [4.69, 9.17) is 16.2 Å². The highest BCUT2D eigenvalue weighted by Crippen LogP contribution is 2.26. The molecule has 0 radical (unpaired) electrons. The number of primary amides is 1. The molecule has 5 N–H and O–H groups in total. The van der Waals surface area contributed by atoms with Crippen molar-refractivity contribution >= 4 is 28.6 Å². The maximum Gasteiger partial charge on any atom is 0.220 e. The lowest BCUT2D eigenvalue weighted by molar-refractivity contribution is -0.118. The minimum absolute atomic E-state index is 0.201. The molecule has 0 saturated heterocycles. The van der Waals surface area contributed by atoms with Crippen LogP contribution in [0.3, 0.4) is 0 Å². The third-order valence-electron chi connectivity index (χ3n) is 2.71. The van der Waals surface area contributed by atoms with Gasteiger partial charge in [0.05, 0.1) is 25.3 Å². The Morgan fingerprint density at radius 3 is 2.80 bits per heavy atom. The first-order valence-corrected chi connectivity index (χ1v) is 7.10. The Morgan fingerprint density at radius 1 is 1.30 bits per heavy atom. The summed E-state index contributed by atoms with van der Waals surface area (Å²) in [5.74, 6) is 0.325. The highest BCUT2D eigenvalue weighted by molar-refractivity contribution is 7.10. The second kappa shape index (κ2) is 6.81. The highest BCUT2D eigenvalue weighted by Gasteiger charge is 2.05. The summed E-state index contributed by atoms with van der Waals surface area (Å²) in [6.45, 7) is 0.912. The SMILES string of the molecule is NC(=O)CCOc1ccccc1NCc1sccc1N. The number of carbonyl (C=O) groups excluding carboxylic acids is 1. The number of nitrogen functional groups attached to an aromatic ring is 1. The van der Waals surface area contributed by atoms with Crippen molar-refractivity contribution in [2.75, 3.05) is 17.7 Å². The van der Waals surface area contributed by atoms with Crippen LogP contribution < -0.4 is 21.5 Å². The smallest absolute Gasteiger partial charge is 0.220 e. The van der Waals surface area contributed by atoms with Gasteiger partial charge in [-0.1, -0.05) is 12.1 Å². The number of nitrogens with two attached hydrogens (primary N) is 2. The van der Waals surface area contributed by atoms with Gasteiger partial charge in [-0.15, -0.1) is 11.3 Å². The van der Waals surface area contributed by atoms with Crippen molar-refractivity contribution in [3.05, 3.63) is 40.6 Å². The average molecular weight is 291 g/mol. The van der Waals surface area contributed by atoms with Crippen LogP contribution in [0.2, 0.25) is 0 Å². The van der Waals surface area contributed by atoms with E-state index in [1.54, 1.807) is 11.3 Å². The van der Waals surface area contributed by atoms with Gasteiger partial charge in [0.1, 0.15) is 5.75 Å². The van der Waals surface area contributed by atoms with Crippen molar-refractivity contribution in [1.82, 2.24) is 0 Å². The minimum atomic E-state index is -0.373. The summed E-state index contributed by atoms with van der Waals surface area (Å²) in [5, 5.41) is 5.24. The Morgan fingerprint density at radius 2 is 2.10 bits per heavy atom. The number of hydrogen-bond donors (Lipinski definition) is 3. The van der Waals surface area contributed by atoms with Gasteiger partial charge in [-0.25, -0.2) is 0 Å². The Balaban J connectivity index is 1.97. The van der Waals surface area contributed by atoms with Gasteiger partial charge < -0.3 is 21.5 Å². The third kappa shape index (κ3) is 3.89. The number of ether oxygens (including phenoxy) is 1. The van der Waals surface area contributed by atoms with Gasteiger partial charge in [0.25, 0.3) is 0 Å². The quantitative estimate of drug-likeness (QED) is 0.729. The molecule has 0 saturated carbocycles. The van der Waals surface area contributed by atoms with Crippen LogP contribution in [0.25, 0.3) is 0 Å². The molecule has 6 heteroatoms. The highest BCUT2D eigenvalue weighted by atomic mass is 32.1. The molecule has 0 atom stereocenters. The predicted molar refractivity (Wildman–Crippen MR) is 81.8 cm³/mol. The summed E-state index contributed by atoms with van der Waals surface area (Å²) in [4.78, 5) is 11.8. The van der Waals surface area contributed by atoms with Crippen molar-refractivity contribution in [3.63, 3.8) is 0 Å². The molecule has 2 aromatic rings. The third-order valence-corrected chi connectivity index (χ3v) is 3.65. The zero-order valence-electron chi connectivity index (χ0n) is 11.0. The van der Waals surface area contributed by atoms with Gasteiger partial charge >= 0.3 is 0 Å². The molecule has 20 heavy (non-hydrogen) atoms. The summed E-state index contributed by atoms with van der Waals surface area (Å²) in [5.41, 5.74) is 12.6. The number of rotatable bonds is 7. The molecule has 0 aliphatic rings. The predicted octanol–water partition coefficient (Wildman–Crippen LogP) is 2.20. The van der Waals surface area contributed by atoms with Crippen molar-refractivity contribution in [3.8, 4) is 5.75 Å². The first-order chi connectivity index (χ1) is 9.66. The van der Waals surface area contributed by atoms with Crippen LogP contribution >= 0.6 is 11.3 Å². The first-order valence-electron chi connectivity index (χ1n) is 6.22. The number of amides is 1. The van der Waals surface area contributed by atoms with E-state index in [-0.39, 0.29) is 18.9 Å². The second-order valence-corrected chi connectivity index (χ2v) is 5.21. The molecule has 0 spiro atoms. The van der Waals surface area contributed by atoms with Crippen LogP contribution in [0.1, 0.15) is 11.3 Å². The first kappa shape index (κ1) is 14.2. The summed E-state index contributed by atoms with van der Waals surface area (Å²) in [6.07, 6.45) is 0.201. The van der Waals surface area contributed by atoms with E-state index < -0.39 is 0 Å². The lowest BCUT2D eigenvalue weighted by atomic mass is 10.3. The van der Waals surface area contributed by atoms with E-state index in [1.165, 1.54) is 0 Å². The van der Waals surface area contributed by atoms with Gasteiger partial charge in [-0.05, 0) is 23.6 Å². The molecular formula is C14H17N3O2S. The Hall–Kier alpha value is -2.21. The molecule has 106 valence electrons. The van der Waals surface area contributed by atoms with Gasteiger partial charge in [0.15, 0.2) is 0 Å². The molecule has 1 aromatic heterocycles. The topological polar surface area (TPSA) is 90.4 Å². The van der Waals surface area contributed by atoms with E-state index in [0.717, 1.165) is 16.3 Å². The van der Waals surface area contributed by atoms with Crippen LogP contribution in [-0.2, 0) is 11.3 Å². The summed E-state index contributed by atoms with van der Waals surface area (Å²) in [6, 6.07) is 9.45. The summed E-state index contributed by atoms with van der Waals surface area (Å²) >= 11 is 1.61. The van der Waals surface area contributed by atoms with Crippen LogP contribution in [0.5, 0.6) is 5.75 Å². The van der Waals surface area contributed by atoms with E-state index in [2.05, 4.69) is 5.32 Å². The summed E-state index contributed by atoms with van der Waals surface area (Å²) < 4.78 is 5.56. The fourth-order valence-electron chi connectivity index (χ4n) is 1.67. The fraction of sp³-hybridized carbons (Fsp3) is 0.214. The standard InChI is InChI=1S/C14H17N3O2S/c15-10-6-8-20-13(10)9-17-11-3-1-2-4-12(11)19-7-5-14(16)18/h1-4,6,8,17H,5,7,9,15H2,(H2,16,18). The molecule has 1 heterocycles. The molecule has 1 aromatic carbocycles. The maximum absolute atomic E-state index is 10.7. The number of hydrogen-bond acceptors (Lipinski definition) is 5. The zero-order valence-corrected chi connectivity index (χ0v) is 11.8. The lowest BCUT2D eigenvalue weighted by Crippen LogP contribution is -2.15. The van der Waals surface area contributed by atoms with Gasteiger partial charge in [-0.3, -0.25) is 4.79 Å².